The number of nitrogens with zero attached hydrogens (tertiary/aromatic N) is 2. The monoisotopic (exact) mass is 400 g/mol. The number of piperazine rings is 1. The number of rotatable bonds is 6. The molecular formula is C25H28N4O. The molecule has 1 unspecified atom stereocenters. The van der Waals surface area contributed by atoms with Gasteiger partial charge in [0.25, 0.3) is 0 Å². The first-order valence-electron chi connectivity index (χ1n) is 10.5. The molecule has 154 valence electrons. The van der Waals surface area contributed by atoms with Crippen LogP contribution in [-0.4, -0.2) is 42.0 Å². The number of carbonyl (C=O) groups is 1. The van der Waals surface area contributed by atoms with Crippen molar-refractivity contribution in [2.24, 2.45) is 0 Å². The molecule has 1 amide bonds. The van der Waals surface area contributed by atoms with Crippen LogP contribution < -0.4 is 10.6 Å². The molecule has 2 aromatic carbocycles. The second-order valence-electron chi connectivity index (χ2n) is 7.71. The van der Waals surface area contributed by atoms with Crippen molar-refractivity contribution in [3.05, 3.63) is 95.2 Å². The van der Waals surface area contributed by atoms with E-state index in [1.54, 1.807) is 0 Å². The SMILES string of the molecule is Cc1ccc(NC(=O)Cc2ccccc2)nc1C(c1ccccc1)N1CCNCC1. The first-order valence-corrected chi connectivity index (χ1v) is 10.5. The van der Waals surface area contributed by atoms with Crippen LogP contribution in [0.5, 0.6) is 0 Å². The van der Waals surface area contributed by atoms with Crippen LogP contribution in [0.15, 0.2) is 72.8 Å². The summed E-state index contributed by atoms with van der Waals surface area (Å²) in [5, 5.41) is 6.42. The van der Waals surface area contributed by atoms with Crippen molar-refractivity contribution in [3.8, 4) is 0 Å². The molecule has 1 saturated heterocycles. The van der Waals surface area contributed by atoms with Crippen molar-refractivity contribution in [2.45, 2.75) is 19.4 Å². The Morgan fingerprint density at radius 1 is 1.00 bits per heavy atom. The van der Waals surface area contributed by atoms with Gasteiger partial charge >= 0.3 is 0 Å². The van der Waals surface area contributed by atoms with Gasteiger partial charge in [0.1, 0.15) is 5.82 Å². The standard InChI is InChI=1S/C25H28N4O/c1-19-12-13-22(27-23(30)18-20-8-4-2-5-9-20)28-24(19)25(21-10-6-3-7-11-21)29-16-14-26-15-17-29/h2-13,25-26H,14-18H2,1H3,(H,27,28,30). The molecule has 1 aromatic heterocycles. The lowest BCUT2D eigenvalue weighted by molar-refractivity contribution is -0.115. The van der Waals surface area contributed by atoms with E-state index in [1.165, 1.54) is 5.56 Å². The maximum absolute atomic E-state index is 12.5. The Labute approximate surface area is 178 Å². The predicted octanol–water partition coefficient (Wildman–Crippen LogP) is 3.57. The third-order valence-corrected chi connectivity index (χ3v) is 5.50. The van der Waals surface area contributed by atoms with Crippen LogP contribution in [0.2, 0.25) is 0 Å². The van der Waals surface area contributed by atoms with Gasteiger partial charge in [0.2, 0.25) is 5.91 Å². The predicted molar refractivity (Wildman–Crippen MR) is 120 cm³/mol. The van der Waals surface area contributed by atoms with Crippen LogP contribution in [0.4, 0.5) is 5.82 Å². The Morgan fingerprint density at radius 3 is 2.37 bits per heavy atom. The minimum atomic E-state index is -0.0538. The van der Waals surface area contributed by atoms with Crippen molar-refractivity contribution in [1.29, 1.82) is 0 Å². The van der Waals surface area contributed by atoms with Gasteiger partial charge in [-0.1, -0.05) is 66.7 Å². The summed E-state index contributed by atoms with van der Waals surface area (Å²) in [4.78, 5) is 19.9. The molecule has 1 aliphatic rings. The second kappa shape index (κ2) is 9.65. The van der Waals surface area contributed by atoms with E-state index in [0.717, 1.165) is 43.0 Å². The van der Waals surface area contributed by atoms with Crippen LogP contribution in [0, 0.1) is 6.92 Å². The van der Waals surface area contributed by atoms with Gasteiger partial charge in [-0.15, -0.1) is 0 Å². The first kappa shape index (κ1) is 20.3. The van der Waals surface area contributed by atoms with E-state index >= 15 is 0 Å². The van der Waals surface area contributed by atoms with E-state index in [-0.39, 0.29) is 11.9 Å². The number of carbonyl (C=O) groups excluding carboxylic acids is 1. The Balaban J connectivity index is 1.60. The topological polar surface area (TPSA) is 57.3 Å². The molecule has 3 aromatic rings. The Kier molecular flexibility index (Phi) is 6.52. The summed E-state index contributed by atoms with van der Waals surface area (Å²) in [6.45, 7) is 5.96. The number of pyridine rings is 1. The van der Waals surface area contributed by atoms with Crippen LogP contribution in [0.25, 0.3) is 0 Å². The summed E-state index contributed by atoms with van der Waals surface area (Å²) >= 11 is 0. The fraction of sp³-hybridized carbons (Fsp3) is 0.280. The zero-order valence-corrected chi connectivity index (χ0v) is 17.3. The molecule has 1 aliphatic heterocycles. The summed E-state index contributed by atoms with van der Waals surface area (Å²) in [7, 11) is 0. The lowest BCUT2D eigenvalue weighted by atomic mass is 9.97. The van der Waals surface area contributed by atoms with Gasteiger partial charge in [-0.2, -0.15) is 0 Å². The van der Waals surface area contributed by atoms with E-state index < -0.39 is 0 Å². The third kappa shape index (κ3) is 4.93. The number of aryl methyl sites for hydroxylation is 1. The highest BCUT2D eigenvalue weighted by molar-refractivity contribution is 5.91. The zero-order chi connectivity index (χ0) is 20.8. The molecular weight excluding hydrogens is 372 g/mol. The van der Waals surface area contributed by atoms with E-state index in [0.29, 0.717) is 12.2 Å². The number of nitrogens with one attached hydrogen (secondary N) is 2. The van der Waals surface area contributed by atoms with Crippen molar-refractivity contribution < 1.29 is 4.79 Å². The summed E-state index contributed by atoms with van der Waals surface area (Å²) in [6.07, 6.45) is 0.339. The molecule has 1 fully saturated rings. The Hall–Kier alpha value is -3.02. The summed E-state index contributed by atoms with van der Waals surface area (Å²) in [6, 6.07) is 24.3. The fourth-order valence-corrected chi connectivity index (χ4v) is 3.98. The minimum Gasteiger partial charge on any atom is -0.314 e. The van der Waals surface area contributed by atoms with Crippen molar-refractivity contribution >= 4 is 11.7 Å². The molecule has 5 nitrogen and oxygen atoms in total. The molecule has 2 N–H and O–H groups in total. The smallest absolute Gasteiger partial charge is 0.229 e. The first-order chi connectivity index (χ1) is 14.7. The number of amides is 1. The van der Waals surface area contributed by atoms with Gasteiger partial charge in [0.05, 0.1) is 18.2 Å². The second-order valence-corrected chi connectivity index (χ2v) is 7.71. The molecule has 30 heavy (non-hydrogen) atoms. The van der Waals surface area contributed by atoms with Crippen LogP contribution >= 0.6 is 0 Å². The third-order valence-electron chi connectivity index (χ3n) is 5.50. The summed E-state index contributed by atoms with van der Waals surface area (Å²) in [5.74, 6) is 0.550. The lowest BCUT2D eigenvalue weighted by Crippen LogP contribution is -2.45. The maximum Gasteiger partial charge on any atom is 0.229 e. The van der Waals surface area contributed by atoms with Gasteiger partial charge in [0, 0.05) is 26.2 Å². The zero-order valence-electron chi connectivity index (χ0n) is 17.3. The quantitative estimate of drug-likeness (QED) is 0.664. The molecule has 5 heteroatoms. The van der Waals surface area contributed by atoms with E-state index in [1.807, 2.05) is 42.5 Å². The van der Waals surface area contributed by atoms with Crippen LogP contribution in [-0.2, 0) is 11.2 Å². The van der Waals surface area contributed by atoms with E-state index in [2.05, 4.69) is 52.8 Å². The molecule has 4 rings (SSSR count). The molecule has 0 radical (unpaired) electrons. The van der Waals surface area contributed by atoms with Crippen molar-refractivity contribution in [1.82, 2.24) is 15.2 Å². The van der Waals surface area contributed by atoms with Gasteiger partial charge < -0.3 is 10.6 Å². The number of hydrogen-bond donors (Lipinski definition) is 2. The highest BCUT2D eigenvalue weighted by atomic mass is 16.1. The Bertz CT molecular complexity index is 969. The number of benzene rings is 2. The highest BCUT2D eigenvalue weighted by Crippen LogP contribution is 2.30. The largest absolute Gasteiger partial charge is 0.314 e. The summed E-state index contributed by atoms with van der Waals surface area (Å²) in [5.41, 5.74) is 4.34. The Morgan fingerprint density at radius 2 is 1.67 bits per heavy atom. The maximum atomic E-state index is 12.5. The highest BCUT2D eigenvalue weighted by Gasteiger charge is 2.26. The lowest BCUT2D eigenvalue weighted by Gasteiger charge is -2.35. The normalized spacial score (nSPS) is 15.5. The van der Waals surface area contributed by atoms with Gasteiger partial charge in [0.15, 0.2) is 0 Å². The van der Waals surface area contributed by atoms with Gasteiger partial charge in [-0.3, -0.25) is 9.69 Å². The molecule has 0 saturated carbocycles. The van der Waals surface area contributed by atoms with Crippen LogP contribution in [0.3, 0.4) is 0 Å². The fourth-order valence-electron chi connectivity index (χ4n) is 3.98. The number of hydrogen-bond acceptors (Lipinski definition) is 4. The van der Waals surface area contributed by atoms with Crippen molar-refractivity contribution in [2.75, 3.05) is 31.5 Å². The van der Waals surface area contributed by atoms with Crippen LogP contribution in [0.1, 0.15) is 28.4 Å². The number of anilines is 1. The average molecular weight is 401 g/mol. The van der Waals surface area contributed by atoms with Gasteiger partial charge in [-0.25, -0.2) is 4.98 Å². The number of aromatic nitrogens is 1. The molecule has 2 heterocycles. The molecule has 0 aliphatic carbocycles. The molecule has 0 bridgehead atoms. The van der Waals surface area contributed by atoms with E-state index in [9.17, 15) is 4.79 Å². The molecule has 0 spiro atoms. The molecule has 1 atom stereocenters. The van der Waals surface area contributed by atoms with Crippen molar-refractivity contribution in [3.63, 3.8) is 0 Å². The minimum absolute atomic E-state index is 0.0538. The average Bonchev–Trinajstić information content (AvgIpc) is 2.78. The summed E-state index contributed by atoms with van der Waals surface area (Å²) < 4.78 is 0. The van der Waals surface area contributed by atoms with Gasteiger partial charge in [-0.05, 0) is 29.7 Å². The van der Waals surface area contributed by atoms with E-state index in [4.69, 9.17) is 4.98 Å².